The summed E-state index contributed by atoms with van der Waals surface area (Å²) >= 11 is 6.07. The van der Waals surface area contributed by atoms with E-state index in [1.165, 1.54) is 4.90 Å². The number of hydrogen-bond acceptors (Lipinski definition) is 3. The third kappa shape index (κ3) is 5.85. The highest BCUT2D eigenvalue weighted by Gasteiger charge is 2.31. The molecule has 1 unspecified atom stereocenters. The Morgan fingerprint density at radius 3 is 2.48 bits per heavy atom. The van der Waals surface area contributed by atoms with Gasteiger partial charge in [0.15, 0.2) is 0 Å². The van der Waals surface area contributed by atoms with Gasteiger partial charge in [-0.25, -0.2) is 0 Å². The fourth-order valence-corrected chi connectivity index (χ4v) is 4.18. The number of halogens is 1. The Morgan fingerprint density at radius 2 is 1.81 bits per heavy atom. The van der Waals surface area contributed by atoms with Crippen molar-refractivity contribution in [3.8, 4) is 0 Å². The second-order valence-corrected chi connectivity index (χ2v) is 8.60. The first-order chi connectivity index (χ1) is 14.7. The van der Waals surface area contributed by atoms with E-state index in [0.717, 1.165) is 17.5 Å². The molecule has 1 fully saturated rings. The number of piperidine rings is 1. The summed E-state index contributed by atoms with van der Waals surface area (Å²) in [5, 5.41) is 3.17. The van der Waals surface area contributed by atoms with Crippen LogP contribution in [0, 0.1) is 19.8 Å². The molecule has 1 atom stereocenters. The second-order valence-electron chi connectivity index (χ2n) is 8.19. The quantitative estimate of drug-likeness (QED) is 0.764. The predicted molar refractivity (Wildman–Crippen MR) is 122 cm³/mol. The van der Waals surface area contributed by atoms with Crippen molar-refractivity contribution >= 4 is 35.0 Å². The summed E-state index contributed by atoms with van der Waals surface area (Å²) in [7, 11) is 1.61. The third-order valence-corrected chi connectivity index (χ3v) is 5.76. The zero-order valence-corrected chi connectivity index (χ0v) is 18.9. The Labute approximate surface area is 188 Å². The van der Waals surface area contributed by atoms with Gasteiger partial charge < -0.3 is 15.1 Å². The minimum atomic E-state index is -0.318. The van der Waals surface area contributed by atoms with Crippen molar-refractivity contribution in [2.45, 2.75) is 26.7 Å². The van der Waals surface area contributed by atoms with E-state index < -0.39 is 0 Å². The Hall–Kier alpha value is -2.86. The number of rotatable bonds is 5. The molecule has 7 heteroatoms. The number of anilines is 1. The number of hydrogen-bond donors (Lipinski definition) is 1. The van der Waals surface area contributed by atoms with Gasteiger partial charge in [-0.3, -0.25) is 14.4 Å². The highest BCUT2D eigenvalue weighted by Crippen LogP contribution is 2.22. The predicted octanol–water partition coefficient (Wildman–Crippen LogP) is 3.91. The Bertz CT molecular complexity index is 972. The van der Waals surface area contributed by atoms with Crippen LogP contribution in [0.25, 0.3) is 0 Å². The topological polar surface area (TPSA) is 69.7 Å². The number of carbonyl (C=O) groups is 3. The van der Waals surface area contributed by atoms with Gasteiger partial charge in [-0.1, -0.05) is 40.9 Å². The van der Waals surface area contributed by atoms with Gasteiger partial charge in [-0.15, -0.1) is 0 Å². The molecule has 0 aliphatic carbocycles. The van der Waals surface area contributed by atoms with Crippen molar-refractivity contribution in [3.63, 3.8) is 0 Å². The van der Waals surface area contributed by atoms with Gasteiger partial charge in [0, 0.05) is 25.7 Å². The lowest BCUT2D eigenvalue weighted by molar-refractivity contribution is -0.138. The zero-order chi connectivity index (χ0) is 22.5. The summed E-state index contributed by atoms with van der Waals surface area (Å²) in [5.41, 5.74) is 3.24. The summed E-state index contributed by atoms with van der Waals surface area (Å²) in [6.07, 6.45) is 1.46. The van der Waals surface area contributed by atoms with Crippen LogP contribution < -0.4 is 5.32 Å². The maximum absolute atomic E-state index is 13.0. The molecule has 1 heterocycles. The lowest BCUT2D eigenvalue weighted by Gasteiger charge is -2.34. The molecular formula is C24H28ClN3O3. The van der Waals surface area contributed by atoms with Crippen LogP contribution in [0.15, 0.2) is 42.5 Å². The molecule has 2 aromatic carbocycles. The molecule has 1 N–H and O–H groups in total. The van der Waals surface area contributed by atoms with Gasteiger partial charge in [-0.2, -0.15) is 0 Å². The molecule has 1 saturated heterocycles. The fraction of sp³-hybridized carbons (Fsp3) is 0.375. The minimum absolute atomic E-state index is 0.0524. The van der Waals surface area contributed by atoms with Crippen LogP contribution >= 0.6 is 11.6 Å². The van der Waals surface area contributed by atoms with Crippen LogP contribution in [-0.2, 0) is 9.59 Å². The average molecular weight is 442 g/mol. The van der Waals surface area contributed by atoms with Crippen LogP contribution in [0.3, 0.4) is 0 Å². The molecular weight excluding hydrogens is 414 g/mol. The molecule has 6 nitrogen and oxygen atoms in total. The standard InChI is InChI=1S/C24H28ClN3O3/c1-16-11-17(2)13-19(12-16)24(31)28-10-6-7-18(14-28)23(30)27(3)15-22(29)26-21-9-5-4-8-20(21)25/h4-5,8-9,11-13,18H,6-7,10,14-15H2,1-3H3,(H,26,29). The first-order valence-corrected chi connectivity index (χ1v) is 10.8. The summed E-state index contributed by atoms with van der Waals surface area (Å²) in [6.45, 7) is 4.85. The van der Waals surface area contributed by atoms with Crippen molar-refractivity contribution in [3.05, 3.63) is 64.2 Å². The second kappa shape index (κ2) is 9.96. The molecule has 2 aromatic rings. The molecule has 31 heavy (non-hydrogen) atoms. The monoisotopic (exact) mass is 441 g/mol. The maximum Gasteiger partial charge on any atom is 0.253 e. The van der Waals surface area contributed by atoms with Crippen LogP contribution in [-0.4, -0.2) is 54.2 Å². The Kier molecular flexibility index (Phi) is 7.33. The smallest absolute Gasteiger partial charge is 0.253 e. The normalized spacial score (nSPS) is 16.0. The molecule has 0 saturated carbocycles. The fourth-order valence-electron chi connectivity index (χ4n) is 4.00. The first-order valence-electron chi connectivity index (χ1n) is 10.4. The number of amides is 3. The van der Waals surface area contributed by atoms with E-state index in [0.29, 0.717) is 35.8 Å². The summed E-state index contributed by atoms with van der Waals surface area (Å²) < 4.78 is 0. The number of para-hydroxylation sites is 1. The van der Waals surface area contributed by atoms with Gasteiger partial charge in [0.25, 0.3) is 5.91 Å². The van der Waals surface area contributed by atoms with Gasteiger partial charge in [-0.05, 0) is 51.0 Å². The van der Waals surface area contributed by atoms with Crippen molar-refractivity contribution in [2.75, 3.05) is 32.0 Å². The number of likely N-dealkylation sites (N-methyl/N-ethyl adjacent to an activating group) is 1. The third-order valence-electron chi connectivity index (χ3n) is 5.43. The summed E-state index contributed by atoms with van der Waals surface area (Å²) in [4.78, 5) is 41.4. The van der Waals surface area contributed by atoms with Crippen LogP contribution in [0.2, 0.25) is 5.02 Å². The number of aryl methyl sites for hydroxylation is 2. The number of nitrogens with zero attached hydrogens (tertiary/aromatic N) is 2. The van der Waals surface area contributed by atoms with Gasteiger partial charge in [0.2, 0.25) is 11.8 Å². The molecule has 164 valence electrons. The lowest BCUT2D eigenvalue weighted by Crippen LogP contribution is -2.47. The highest BCUT2D eigenvalue weighted by atomic mass is 35.5. The van der Waals surface area contributed by atoms with Crippen molar-refractivity contribution in [2.24, 2.45) is 5.92 Å². The van der Waals surface area contributed by atoms with Crippen LogP contribution in [0.4, 0.5) is 5.69 Å². The molecule has 1 aliphatic rings. The number of likely N-dealkylation sites (tertiary alicyclic amines) is 1. The van der Waals surface area contributed by atoms with Gasteiger partial charge in [0.05, 0.1) is 23.2 Å². The summed E-state index contributed by atoms with van der Waals surface area (Å²) in [6, 6.07) is 12.7. The SMILES string of the molecule is Cc1cc(C)cc(C(=O)N2CCCC(C(=O)N(C)CC(=O)Nc3ccccc3Cl)C2)c1. The highest BCUT2D eigenvalue weighted by molar-refractivity contribution is 6.33. The average Bonchev–Trinajstić information content (AvgIpc) is 2.73. The van der Waals surface area contributed by atoms with E-state index in [1.807, 2.05) is 32.0 Å². The number of benzene rings is 2. The van der Waals surface area contributed by atoms with E-state index in [9.17, 15) is 14.4 Å². The largest absolute Gasteiger partial charge is 0.338 e. The van der Waals surface area contributed by atoms with Crippen LogP contribution in [0.1, 0.15) is 34.3 Å². The first kappa shape index (κ1) is 22.8. The molecule has 0 spiro atoms. The maximum atomic E-state index is 13.0. The molecule has 0 bridgehead atoms. The van der Waals surface area contributed by atoms with Crippen molar-refractivity contribution in [1.29, 1.82) is 0 Å². The Balaban J connectivity index is 1.60. The summed E-state index contributed by atoms with van der Waals surface area (Å²) in [5.74, 6) is -0.819. The van der Waals surface area contributed by atoms with E-state index in [2.05, 4.69) is 5.32 Å². The number of nitrogens with one attached hydrogen (secondary N) is 1. The lowest BCUT2D eigenvalue weighted by atomic mass is 9.95. The van der Waals surface area contributed by atoms with Crippen molar-refractivity contribution < 1.29 is 14.4 Å². The van der Waals surface area contributed by atoms with Gasteiger partial charge in [0.1, 0.15) is 0 Å². The molecule has 3 amide bonds. The molecule has 0 aromatic heterocycles. The minimum Gasteiger partial charge on any atom is -0.338 e. The van der Waals surface area contributed by atoms with Crippen molar-refractivity contribution in [1.82, 2.24) is 9.80 Å². The van der Waals surface area contributed by atoms with E-state index in [4.69, 9.17) is 11.6 Å². The van der Waals surface area contributed by atoms with E-state index in [1.54, 1.807) is 36.2 Å². The van der Waals surface area contributed by atoms with E-state index >= 15 is 0 Å². The number of carbonyl (C=O) groups excluding carboxylic acids is 3. The van der Waals surface area contributed by atoms with Crippen LogP contribution in [0.5, 0.6) is 0 Å². The van der Waals surface area contributed by atoms with E-state index in [-0.39, 0.29) is 30.2 Å². The molecule has 1 aliphatic heterocycles. The molecule has 0 radical (unpaired) electrons. The zero-order valence-electron chi connectivity index (χ0n) is 18.2. The Morgan fingerprint density at radius 1 is 1.13 bits per heavy atom. The molecule has 3 rings (SSSR count). The van der Waals surface area contributed by atoms with Gasteiger partial charge >= 0.3 is 0 Å².